The molecule has 4 fully saturated rings. The molecule has 8 rings (SSSR count). The van der Waals surface area contributed by atoms with Crippen LogP contribution in [0.5, 0.6) is 0 Å². The number of thioether (sulfide) groups is 1. The summed E-state index contributed by atoms with van der Waals surface area (Å²) in [5, 5.41) is 4.60. The van der Waals surface area contributed by atoms with Crippen LogP contribution in [0.15, 0.2) is 71.9 Å². The van der Waals surface area contributed by atoms with Gasteiger partial charge in [-0.25, -0.2) is 9.78 Å². The Morgan fingerprint density at radius 3 is 2.18 bits per heavy atom. The van der Waals surface area contributed by atoms with Gasteiger partial charge in [0.25, 0.3) is 0 Å². The van der Waals surface area contributed by atoms with Crippen LogP contribution in [0.4, 0.5) is 5.82 Å². The summed E-state index contributed by atoms with van der Waals surface area (Å²) in [7, 11) is 0. The normalized spacial score (nSPS) is 30.9. The highest BCUT2D eigenvalue weighted by molar-refractivity contribution is 8.00. The van der Waals surface area contributed by atoms with Crippen molar-refractivity contribution in [3.63, 3.8) is 0 Å². The first-order chi connectivity index (χ1) is 16.6. The van der Waals surface area contributed by atoms with E-state index in [4.69, 9.17) is 4.98 Å². The molecule has 172 valence electrons. The molecular formula is C29H30N3OS+. The fourth-order valence-corrected chi connectivity index (χ4v) is 9.11. The SMILES string of the molecule is O=C1C(Cc2ccccc2)Nc2c(SC34CC5CC(CC(C5)C3)C4)nc(-c3ccccc3)c[n+]21. The summed E-state index contributed by atoms with van der Waals surface area (Å²) in [6.07, 6.45) is 10.8. The van der Waals surface area contributed by atoms with Gasteiger partial charge in [-0.2, -0.15) is 4.57 Å². The molecule has 1 unspecified atom stereocenters. The van der Waals surface area contributed by atoms with Gasteiger partial charge >= 0.3 is 11.7 Å². The summed E-state index contributed by atoms with van der Waals surface area (Å²) >= 11 is 1.98. The molecule has 4 bridgehead atoms. The van der Waals surface area contributed by atoms with E-state index in [2.05, 4.69) is 29.6 Å². The summed E-state index contributed by atoms with van der Waals surface area (Å²) in [6.45, 7) is 0. The molecule has 1 aliphatic heterocycles. The van der Waals surface area contributed by atoms with Gasteiger partial charge < -0.3 is 0 Å². The van der Waals surface area contributed by atoms with Crippen LogP contribution >= 0.6 is 11.8 Å². The minimum absolute atomic E-state index is 0.116. The van der Waals surface area contributed by atoms with Gasteiger partial charge in [0.1, 0.15) is 11.9 Å². The second-order valence-electron chi connectivity index (χ2n) is 10.9. The van der Waals surface area contributed by atoms with Gasteiger partial charge in [0.05, 0.1) is 0 Å². The molecule has 4 nitrogen and oxygen atoms in total. The van der Waals surface area contributed by atoms with Gasteiger partial charge in [0.2, 0.25) is 0 Å². The zero-order chi connectivity index (χ0) is 22.7. The van der Waals surface area contributed by atoms with Crippen LogP contribution in [-0.4, -0.2) is 21.7 Å². The highest BCUT2D eigenvalue weighted by atomic mass is 32.2. The summed E-state index contributed by atoms with van der Waals surface area (Å²) in [6, 6.07) is 20.3. The second kappa shape index (κ2) is 7.94. The van der Waals surface area contributed by atoms with Crippen molar-refractivity contribution in [3.05, 3.63) is 72.4 Å². The third-order valence-electron chi connectivity index (χ3n) is 8.41. The highest BCUT2D eigenvalue weighted by Gasteiger charge is 2.53. The van der Waals surface area contributed by atoms with Gasteiger partial charge in [-0.15, -0.1) is 0 Å². The van der Waals surface area contributed by atoms with Crippen molar-refractivity contribution in [1.29, 1.82) is 0 Å². The number of anilines is 1. The lowest BCUT2D eigenvalue weighted by atomic mass is 9.56. The van der Waals surface area contributed by atoms with Gasteiger partial charge in [-0.1, -0.05) is 72.4 Å². The number of nitrogens with one attached hydrogen (secondary N) is 1. The highest BCUT2D eigenvalue weighted by Crippen LogP contribution is 2.62. The Bertz CT molecular complexity index is 1210. The Balaban J connectivity index is 1.27. The molecular weight excluding hydrogens is 438 g/mol. The molecule has 0 radical (unpaired) electrons. The van der Waals surface area contributed by atoms with Crippen LogP contribution in [0.1, 0.15) is 48.9 Å². The Labute approximate surface area is 205 Å². The first-order valence-electron chi connectivity index (χ1n) is 12.7. The van der Waals surface area contributed by atoms with Gasteiger partial charge in [-0.05, 0) is 61.8 Å². The quantitative estimate of drug-likeness (QED) is 0.483. The lowest BCUT2D eigenvalue weighted by molar-refractivity contribution is -0.554. The summed E-state index contributed by atoms with van der Waals surface area (Å²) in [5.74, 6) is 3.67. The predicted octanol–water partition coefficient (Wildman–Crippen LogP) is 5.77. The van der Waals surface area contributed by atoms with Crippen LogP contribution in [-0.2, 0) is 6.42 Å². The number of hydrogen-bond acceptors (Lipinski definition) is 4. The van der Waals surface area contributed by atoms with E-state index >= 15 is 0 Å². The predicted molar refractivity (Wildman–Crippen MR) is 135 cm³/mol. The van der Waals surface area contributed by atoms with Crippen molar-refractivity contribution in [2.24, 2.45) is 17.8 Å². The number of aromatic nitrogens is 2. The lowest BCUT2D eigenvalue weighted by Gasteiger charge is -2.56. The van der Waals surface area contributed by atoms with Crippen LogP contribution in [0.3, 0.4) is 0 Å². The molecule has 4 aliphatic carbocycles. The van der Waals surface area contributed by atoms with E-state index in [1.807, 2.05) is 58.9 Å². The van der Waals surface area contributed by atoms with Gasteiger partial charge in [-0.3, -0.25) is 5.32 Å². The fourth-order valence-electron chi connectivity index (χ4n) is 7.35. The van der Waals surface area contributed by atoms with E-state index in [0.717, 1.165) is 39.9 Å². The topological polar surface area (TPSA) is 45.9 Å². The number of rotatable bonds is 5. The maximum Gasteiger partial charge on any atom is 0.359 e. The number of nitrogens with zero attached hydrogens (tertiary/aromatic N) is 2. The van der Waals surface area contributed by atoms with Crippen molar-refractivity contribution in [2.75, 3.05) is 5.32 Å². The first-order valence-corrected chi connectivity index (χ1v) is 13.5. The maximum atomic E-state index is 13.6. The monoisotopic (exact) mass is 468 g/mol. The Hall–Kier alpha value is -2.66. The molecule has 34 heavy (non-hydrogen) atoms. The van der Waals surface area contributed by atoms with E-state index in [0.29, 0.717) is 6.42 Å². The fraction of sp³-hybridized carbons (Fsp3) is 0.414. The average Bonchev–Trinajstić information content (AvgIpc) is 3.15. The van der Waals surface area contributed by atoms with Crippen LogP contribution in [0.25, 0.3) is 11.3 Å². The number of fused-ring (bicyclic) bond motifs is 1. The molecule has 4 saturated carbocycles. The third kappa shape index (κ3) is 3.56. The average molecular weight is 469 g/mol. The summed E-state index contributed by atoms with van der Waals surface area (Å²) in [5.41, 5.74) is 3.12. The van der Waals surface area contributed by atoms with Crippen LogP contribution in [0, 0.1) is 17.8 Å². The molecule has 2 aromatic carbocycles. The number of benzene rings is 2. The summed E-state index contributed by atoms with van der Waals surface area (Å²) in [4.78, 5) is 18.8. The summed E-state index contributed by atoms with van der Waals surface area (Å²) < 4.78 is 2.14. The van der Waals surface area contributed by atoms with Crippen LogP contribution in [0.2, 0.25) is 0 Å². The van der Waals surface area contributed by atoms with E-state index in [-0.39, 0.29) is 16.7 Å². The standard InChI is InChI=1S/C29H29N3OS/c33-28-24(14-19-7-3-1-4-8-19)30-26-27(31-25(18-32(26)28)23-9-5-2-6-10-23)34-29-15-20-11-21(16-29)13-22(12-20)17-29/h1-10,18,20-22,24H,11-17H2/p+1. The van der Waals surface area contributed by atoms with Crippen molar-refractivity contribution in [3.8, 4) is 11.3 Å². The molecule has 1 atom stereocenters. The van der Waals surface area contributed by atoms with Gasteiger partial charge in [0, 0.05) is 16.7 Å². The van der Waals surface area contributed by atoms with Gasteiger partial charge in [0.15, 0.2) is 11.1 Å². The molecule has 1 aromatic heterocycles. The van der Waals surface area contributed by atoms with E-state index in [1.54, 1.807) is 0 Å². The Morgan fingerprint density at radius 2 is 1.53 bits per heavy atom. The second-order valence-corrected chi connectivity index (χ2v) is 12.4. The lowest BCUT2D eigenvalue weighted by Crippen LogP contribution is -2.48. The number of carbonyl (C=O) groups excluding carboxylic acids is 1. The largest absolute Gasteiger partial charge is 0.359 e. The number of hydrogen-bond donors (Lipinski definition) is 1. The van der Waals surface area contributed by atoms with E-state index in [1.165, 1.54) is 44.1 Å². The minimum atomic E-state index is -0.258. The Morgan fingerprint density at radius 1 is 0.912 bits per heavy atom. The third-order valence-corrected chi connectivity index (χ3v) is 9.82. The number of carbonyl (C=O) groups is 1. The van der Waals surface area contributed by atoms with Crippen molar-refractivity contribution in [1.82, 2.24) is 4.98 Å². The minimum Gasteiger partial charge on any atom is -0.257 e. The van der Waals surface area contributed by atoms with E-state index in [9.17, 15) is 4.79 Å². The van der Waals surface area contributed by atoms with Crippen LogP contribution < -0.4 is 9.88 Å². The van der Waals surface area contributed by atoms with Crippen molar-refractivity contribution < 1.29 is 9.36 Å². The molecule has 0 amide bonds. The zero-order valence-corrected chi connectivity index (χ0v) is 20.1. The molecule has 5 aliphatic rings. The molecule has 5 heteroatoms. The maximum absolute atomic E-state index is 13.6. The molecule has 3 aromatic rings. The molecule has 0 spiro atoms. The smallest absolute Gasteiger partial charge is 0.257 e. The van der Waals surface area contributed by atoms with Crippen molar-refractivity contribution in [2.45, 2.75) is 60.8 Å². The molecule has 2 heterocycles. The first kappa shape index (κ1) is 20.7. The molecule has 0 saturated heterocycles. The molecule has 1 N–H and O–H groups in total. The Kier molecular flexibility index (Phi) is 4.83. The van der Waals surface area contributed by atoms with Crippen molar-refractivity contribution >= 4 is 23.5 Å². The zero-order valence-electron chi connectivity index (χ0n) is 19.3. The van der Waals surface area contributed by atoms with E-state index < -0.39 is 0 Å².